The summed E-state index contributed by atoms with van der Waals surface area (Å²) in [6, 6.07) is 31.0. The normalized spacial score (nSPS) is 16.3. The van der Waals surface area contributed by atoms with Crippen molar-refractivity contribution in [1.82, 2.24) is 9.55 Å². The Kier molecular flexibility index (Phi) is 3.92. The SMILES string of the molecule is CC1CC=CC=C1n1c2ccccc2c2cc(-c3ccc4c(c3)[nH]c3ccccc34)ccc21. The lowest BCUT2D eigenvalue weighted by molar-refractivity contribution is 0.725. The van der Waals surface area contributed by atoms with Crippen molar-refractivity contribution in [2.45, 2.75) is 13.3 Å². The molecule has 0 saturated carbocycles. The number of aromatic nitrogens is 2. The Labute approximate surface area is 192 Å². The lowest BCUT2D eigenvalue weighted by Crippen LogP contribution is -2.07. The molecule has 33 heavy (non-hydrogen) atoms. The van der Waals surface area contributed by atoms with Gasteiger partial charge >= 0.3 is 0 Å². The van der Waals surface area contributed by atoms with Crippen molar-refractivity contribution >= 4 is 49.3 Å². The molecule has 6 aromatic rings. The van der Waals surface area contributed by atoms with Crippen LogP contribution in [0, 0.1) is 5.92 Å². The molecule has 1 N–H and O–H groups in total. The minimum atomic E-state index is 0.498. The summed E-state index contributed by atoms with van der Waals surface area (Å²) >= 11 is 0. The number of rotatable bonds is 2. The van der Waals surface area contributed by atoms with Gasteiger partial charge in [0.05, 0.1) is 11.0 Å². The summed E-state index contributed by atoms with van der Waals surface area (Å²) < 4.78 is 2.46. The van der Waals surface area contributed by atoms with Crippen molar-refractivity contribution in [3.8, 4) is 11.1 Å². The smallest absolute Gasteiger partial charge is 0.0538 e. The standard InChI is InChI=1S/C31H24N2/c1-20-8-2-6-12-29(20)33-30-13-7-4-10-25(30)26-18-21(15-17-31(26)33)22-14-16-24-23-9-3-5-11-27(23)32-28(24)19-22/h2-7,9-20,32H,8H2,1H3. The lowest BCUT2D eigenvalue weighted by atomic mass is 9.98. The second-order valence-electron chi connectivity index (χ2n) is 9.17. The highest BCUT2D eigenvalue weighted by Gasteiger charge is 2.19. The summed E-state index contributed by atoms with van der Waals surface area (Å²) in [5.74, 6) is 0.498. The second kappa shape index (κ2) is 6.98. The highest BCUT2D eigenvalue weighted by atomic mass is 15.0. The van der Waals surface area contributed by atoms with E-state index in [0.29, 0.717) is 5.92 Å². The van der Waals surface area contributed by atoms with Crippen molar-refractivity contribution in [1.29, 1.82) is 0 Å². The zero-order valence-electron chi connectivity index (χ0n) is 18.5. The summed E-state index contributed by atoms with van der Waals surface area (Å²) in [7, 11) is 0. The third-order valence-corrected chi connectivity index (χ3v) is 7.17. The number of hydrogen-bond acceptors (Lipinski definition) is 0. The number of H-pyrrole nitrogens is 1. The van der Waals surface area contributed by atoms with Crippen molar-refractivity contribution in [3.63, 3.8) is 0 Å². The summed E-state index contributed by atoms with van der Waals surface area (Å²) in [4.78, 5) is 3.59. The fourth-order valence-corrected chi connectivity index (χ4v) is 5.49. The Hall–Kier alpha value is -4.04. The third kappa shape index (κ3) is 2.74. The van der Waals surface area contributed by atoms with E-state index in [9.17, 15) is 0 Å². The number of hydrogen-bond donors (Lipinski definition) is 1. The van der Waals surface area contributed by atoms with Crippen LogP contribution in [0.1, 0.15) is 13.3 Å². The molecule has 4 aromatic carbocycles. The molecule has 0 aliphatic heterocycles. The number of allylic oxidation sites excluding steroid dienone is 4. The molecule has 2 heteroatoms. The van der Waals surface area contributed by atoms with Crippen molar-refractivity contribution in [2.75, 3.05) is 0 Å². The zero-order chi connectivity index (χ0) is 21.9. The van der Waals surface area contributed by atoms with Gasteiger partial charge in [-0.3, -0.25) is 0 Å². The summed E-state index contributed by atoms with van der Waals surface area (Å²) in [6.45, 7) is 2.32. The first-order chi connectivity index (χ1) is 16.3. The van der Waals surface area contributed by atoms with Crippen LogP contribution in [-0.4, -0.2) is 9.55 Å². The Morgan fingerprint density at radius 3 is 2.33 bits per heavy atom. The molecule has 158 valence electrons. The molecule has 0 saturated heterocycles. The van der Waals surface area contributed by atoms with Crippen molar-refractivity contribution in [3.05, 3.63) is 103 Å². The maximum atomic E-state index is 3.59. The van der Waals surface area contributed by atoms with E-state index in [4.69, 9.17) is 0 Å². The Morgan fingerprint density at radius 2 is 1.42 bits per heavy atom. The quantitative estimate of drug-likeness (QED) is 0.287. The molecule has 0 radical (unpaired) electrons. The third-order valence-electron chi connectivity index (χ3n) is 7.17. The van der Waals surface area contributed by atoms with Gasteiger partial charge in [-0.25, -0.2) is 0 Å². The number of fused-ring (bicyclic) bond motifs is 6. The van der Waals surface area contributed by atoms with Gasteiger partial charge in [0.25, 0.3) is 0 Å². The first-order valence-electron chi connectivity index (χ1n) is 11.7. The van der Waals surface area contributed by atoms with Gasteiger partial charge in [0.1, 0.15) is 0 Å². The van der Waals surface area contributed by atoms with Crippen molar-refractivity contribution in [2.24, 2.45) is 5.92 Å². The fraction of sp³-hybridized carbons (Fsp3) is 0.0968. The summed E-state index contributed by atoms with van der Waals surface area (Å²) in [5, 5.41) is 5.17. The molecule has 2 aromatic heterocycles. The molecule has 2 heterocycles. The van der Waals surface area contributed by atoms with Crippen LogP contribution in [0.25, 0.3) is 60.4 Å². The minimum absolute atomic E-state index is 0.498. The molecule has 0 amide bonds. The van der Waals surface area contributed by atoms with Crippen LogP contribution >= 0.6 is 0 Å². The van der Waals surface area contributed by atoms with Gasteiger partial charge in [-0.15, -0.1) is 0 Å². The average molecular weight is 425 g/mol. The molecule has 1 aliphatic rings. The monoisotopic (exact) mass is 424 g/mol. The average Bonchev–Trinajstić information content (AvgIpc) is 3.39. The van der Waals surface area contributed by atoms with Crippen LogP contribution in [0.4, 0.5) is 0 Å². The Balaban J connectivity index is 1.45. The van der Waals surface area contributed by atoms with E-state index in [-0.39, 0.29) is 0 Å². The zero-order valence-corrected chi connectivity index (χ0v) is 18.5. The van der Waals surface area contributed by atoms with Gasteiger partial charge in [0.2, 0.25) is 0 Å². The van der Waals surface area contributed by atoms with Gasteiger partial charge < -0.3 is 9.55 Å². The fourth-order valence-electron chi connectivity index (χ4n) is 5.49. The van der Waals surface area contributed by atoms with E-state index in [2.05, 4.69) is 120 Å². The molecule has 1 unspecified atom stereocenters. The van der Waals surface area contributed by atoms with E-state index >= 15 is 0 Å². The molecule has 0 bridgehead atoms. The van der Waals surface area contributed by atoms with E-state index < -0.39 is 0 Å². The predicted molar refractivity (Wildman–Crippen MR) is 141 cm³/mol. The molecular formula is C31H24N2. The molecular weight excluding hydrogens is 400 g/mol. The summed E-state index contributed by atoms with van der Waals surface area (Å²) in [5.41, 5.74) is 8.79. The number of benzene rings is 4. The number of nitrogens with zero attached hydrogens (tertiary/aromatic N) is 1. The highest BCUT2D eigenvalue weighted by Crippen LogP contribution is 2.38. The van der Waals surface area contributed by atoms with Crippen molar-refractivity contribution < 1.29 is 0 Å². The predicted octanol–water partition coefficient (Wildman–Crippen LogP) is 8.53. The van der Waals surface area contributed by atoms with Gasteiger partial charge in [0.15, 0.2) is 0 Å². The van der Waals surface area contributed by atoms with E-state index in [1.54, 1.807) is 0 Å². The molecule has 1 aliphatic carbocycles. The summed E-state index contributed by atoms with van der Waals surface area (Å²) in [6.07, 6.45) is 7.82. The van der Waals surface area contributed by atoms with Crippen LogP contribution in [0.2, 0.25) is 0 Å². The molecule has 0 fully saturated rings. The largest absolute Gasteiger partial charge is 0.354 e. The highest BCUT2D eigenvalue weighted by molar-refractivity contribution is 6.12. The van der Waals surface area contributed by atoms with Gasteiger partial charge in [0, 0.05) is 44.2 Å². The van der Waals surface area contributed by atoms with Crippen LogP contribution in [0.3, 0.4) is 0 Å². The van der Waals surface area contributed by atoms with E-state index in [1.807, 2.05) is 0 Å². The molecule has 1 atom stereocenters. The number of aromatic amines is 1. The maximum Gasteiger partial charge on any atom is 0.0538 e. The van der Waals surface area contributed by atoms with Crippen LogP contribution in [-0.2, 0) is 0 Å². The molecule has 0 spiro atoms. The topological polar surface area (TPSA) is 20.7 Å². The first kappa shape index (κ1) is 18.5. The van der Waals surface area contributed by atoms with Crippen LogP contribution in [0.5, 0.6) is 0 Å². The van der Waals surface area contributed by atoms with Crippen LogP contribution < -0.4 is 0 Å². The Morgan fingerprint density at radius 1 is 0.697 bits per heavy atom. The number of nitrogens with one attached hydrogen (secondary N) is 1. The van der Waals surface area contributed by atoms with Gasteiger partial charge in [-0.1, -0.05) is 73.7 Å². The van der Waals surface area contributed by atoms with E-state index in [0.717, 1.165) is 6.42 Å². The van der Waals surface area contributed by atoms with Gasteiger partial charge in [-0.2, -0.15) is 0 Å². The van der Waals surface area contributed by atoms with E-state index in [1.165, 1.54) is 60.4 Å². The number of para-hydroxylation sites is 2. The van der Waals surface area contributed by atoms with Gasteiger partial charge in [-0.05, 0) is 54.0 Å². The molecule has 2 nitrogen and oxygen atoms in total. The maximum absolute atomic E-state index is 3.59. The second-order valence-corrected chi connectivity index (χ2v) is 9.17. The first-order valence-corrected chi connectivity index (χ1v) is 11.7. The van der Waals surface area contributed by atoms with Crippen LogP contribution in [0.15, 0.2) is 103 Å². The molecule has 7 rings (SSSR count). The minimum Gasteiger partial charge on any atom is -0.354 e. The Bertz CT molecular complexity index is 1760. The lowest BCUT2D eigenvalue weighted by Gasteiger charge is -2.20.